The molecule has 1 aliphatic rings. The van der Waals surface area contributed by atoms with Gasteiger partial charge in [-0.1, -0.05) is 29.8 Å². The number of aliphatic imine (C=N–C) groups is 1. The van der Waals surface area contributed by atoms with E-state index >= 15 is 0 Å². The van der Waals surface area contributed by atoms with E-state index < -0.39 is 0 Å². The van der Waals surface area contributed by atoms with Gasteiger partial charge in [0.2, 0.25) is 0 Å². The zero-order chi connectivity index (χ0) is 18.2. The molecule has 0 atom stereocenters. The Labute approximate surface area is 179 Å². The van der Waals surface area contributed by atoms with Crippen molar-refractivity contribution in [1.29, 1.82) is 0 Å². The van der Waals surface area contributed by atoms with Gasteiger partial charge in [0.15, 0.2) is 5.96 Å². The zero-order valence-corrected chi connectivity index (χ0v) is 18.6. The number of hydrogen-bond donors (Lipinski definition) is 2. The molecule has 1 aromatic heterocycles. The third kappa shape index (κ3) is 6.68. The minimum atomic E-state index is 0. The predicted octanol–water partition coefficient (Wildman–Crippen LogP) is 3.86. The van der Waals surface area contributed by atoms with Gasteiger partial charge in [0, 0.05) is 39.4 Å². The number of guanidine groups is 1. The molecule has 1 aromatic carbocycles. The minimum absolute atomic E-state index is 0. The Hall–Kier alpha value is -1.83. The van der Waals surface area contributed by atoms with Crippen LogP contribution in [-0.2, 0) is 13.1 Å². The number of benzene rings is 1. The van der Waals surface area contributed by atoms with Crippen molar-refractivity contribution in [2.75, 3.05) is 25.0 Å². The molecule has 0 saturated carbocycles. The lowest BCUT2D eigenvalue weighted by Gasteiger charge is -2.28. The highest BCUT2D eigenvalue weighted by Gasteiger charge is 2.12. The molecule has 0 radical (unpaired) electrons. The molecule has 0 aliphatic carbocycles. The quantitative estimate of drug-likeness (QED) is 0.389. The maximum atomic E-state index is 4.55. The number of rotatable bonds is 5. The fourth-order valence-corrected chi connectivity index (χ4v) is 3.16. The van der Waals surface area contributed by atoms with Crippen molar-refractivity contribution in [1.82, 2.24) is 15.6 Å². The van der Waals surface area contributed by atoms with Gasteiger partial charge in [-0.15, -0.1) is 24.0 Å². The van der Waals surface area contributed by atoms with Gasteiger partial charge in [-0.05, 0) is 49.4 Å². The molecule has 1 aliphatic heterocycles. The van der Waals surface area contributed by atoms with Gasteiger partial charge in [0.05, 0.1) is 0 Å². The molecule has 0 bridgehead atoms. The van der Waals surface area contributed by atoms with E-state index in [1.165, 1.54) is 36.0 Å². The number of hydrogen-bond acceptors (Lipinski definition) is 3. The van der Waals surface area contributed by atoms with Crippen LogP contribution in [0.4, 0.5) is 5.82 Å². The number of nitrogens with zero attached hydrogens (tertiary/aromatic N) is 3. The fourth-order valence-electron chi connectivity index (χ4n) is 3.16. The number of anilines is 1. The topological polar surface area (TPSA) is 52.6 Å². The van der Waals surface area contributed by atoms with Crippen molar-refractivity contribution in [2.45, 2.75) is 39.3 Å². The highest BCUT2D eigenvalue weighted by molar-refractivity contribution is 14.0. The third-order valence-corrected chi connectivity index (χ3v) is 4.75. The summed E-state index contributed by atoms with van der Waals surface area (Å²) >= 11 is 0. The van der Waals surface area contributed by atoms with Crippen LogP contribution >= 0.6 is 24.0 Å². The second-order valence-electron chi connectivity index (χ2n) is 6.83. The first-order valence-corrected chi connectivity index (χ1v) is 9.44. The molecule has 146 valence electrons. The van der Waals surface area contributed by atoms with Gasteiger partial charge in [-0.3, -0.25) is 4.99 Å². The van der Waals surface area contributed by atoms with Crippen molar-refractivity contribution >= 4 is 35.8 Å². The molecule has 6 heteroatoms. The van der Waals surface area contributed by atoms with Gasteiger partial charge >= 0.3 is 0 Å². The van der Waals surface area contributed by atoms with Crippen molar-refractivity contribution in [3.05, 3.63) is 59.3 Å². The summed E-state index contributed by atoms with van der Waals surface area (Å²) in [6.45, 7) is 5.82. The summed E-state index contributed by atoms with van der Waals surface area (Å²) in [6, 6.07) is 12.8. The normalized spacial score (nSPS) is 14.4. The van der Waals surface area contributed by atoms with Crippen LogP contribution in [0.1, 0.15) is 36.0 Å². The summed E-state index contributed by atoms with van der Waals surface area (Å²) in [5.74, 6) is 1.90. The van der Waals surface area contributed by atoms with Crippen LogP contribution in [0.25, 0.3) is 0 Å². The lowest BCUT2D eigenvalue weighted by molar-refractivity contribution is 0.573. The average Bonchev–Trinajstić information content (AvgIpc) is 2.70. The largest absolute Gasteiger partial charge is 0.357 e. The van der Waals surface area contributed by atoms with E-state index in [0.29, 0.717) is 0 Å². The zero-order valence-electron chi connectivity index (χ0n) is 16.2. The first kappa shape index (κ1) is 21.5. The van der Waals surface area contributed by atoms with Crippen molar-refractivity contribution < 1.29 is 0 Å². The Morgan fingerprint density at radius 2 is 1.67 bits per heavy atom. The van der Waals surface area contributed by atoms with Crippen LogP contribution in [0.3, 0.4) is 0 Å². The summed E-state index contributed by atoms with van der Waals surface area (Å²) in [5.41, 5.74) is 3.74. The second kappa shape index (κ2) is 11.1. The molecule has 2 N–H and O–H groups in total. The summed E-state index contributed by atoms with van der Waals surface area (Å²) in [7, 11) is 1.80. The van der Waals surface area contributed by atoms with Crippen LogP contribution in [0.5, 0.6) is 0 Å². The Morgan fingerprint density at radius 3 is 2.33 bits per heavy atom. The molecule has 27 heavy (non-hydrogen) atoms. The number of pyridine rings is 1. The van der Waals surface area contributed by atoms with Crippen molar-refractivity contribution in [3.8, 4) is 0 Å². The number of nitrogens with one attached hydrogen (secondary N) is 2. The molecule has 2 aromatic rings. The van der Waals surface area contributed by atoms with Gasteiger partial charge in [-0.25, -0.2) is 4.98 Å². The number of halogens is 1. The first-order chi connectivity index (χ1) is 12.7. The van der Waals surface area contributed by atoms with E-state index in [1.54, 1.807) is 7.05 Å². The molecule has 5 nitrogen and oxygen atoms in total. The summed E-state index contributed by atoms with van der Waals surface area (Å²) in [4.78, 5) is 11.2. The third-order valence-electron chi connectivity index (χ3n) is 4.75. The van der Waals surface area contributed by atoms with E-state index in [-0.39, 0.29) is 24.0 Å². The molecular formula is C21H30IN5. The lowest BCUT2D eigenvalue weighted by atomic mass is 10.1. The highest BCUT2D eigenvalue weighted by Crippen LogP contribution is 2.18. The molecule has 0 amide bonds. The van der Waals surface area contributed by atoms with Gasteiger partial charge in [-0.2, -0.15) is 0 Å². The SMILES string of the molecule is CN=C(NCc1ccc(C)cc1)NCc1ccnc(N2CCCCC2)c1.I. The molecule has 0 unspecified atom stereocenters. The summed E-state index contributed by atoms with van der Waals surface area (Å²) in [6.07, 6.45) is 5.77. The van der Waals surface area contributed by atoms with Gasteiger partial charge in [0.25, 0.3) is 0 Å². The average molecular weight is 479 g/mol. The van der Waals surface area contributed by atoms with Gasteiger partial charge < -0.3 is 15.5 Å². The second-order valence-corrected chi connectivity index (χ2v) is 6.83. The minimum Gasteiger partial charge on any atom is -0.357 e. The number of piperidine rings is 1. The molecule has 1 fully saturated rings. The van der Waals surface area contributed by atoms with Crippen LogP contribution in [-0.4, -0.2) is 31.1 Å². The molecule has 2 heterocycles. The first-order valence-electron chi connectivity index (χ1n) is 9.44. The van der Waals surface area contributed by atoms with Crippen molar-refractivity contribution in [2.24, 2.45) is 4.99 Å². The molecule has 0 spiro atoms. The van der Waals surface area contributed by atoms with E-state index in [1.807, 2.05) is 6.20 Å². The maximum absolute atomic E-state index is 4.55. The van der Waals surface area contributed by atoms with Crippen LogP contribution in [0.2, 0.25) is 0 Å². The maximum Gasteiger partial charge on any atom is 0.191 e. The molecule has 1 saturated heterocycles. The Balaban J connectivity index is 0.00000261. The predicted molar refractivity (Wildman–Crippen MR) is 124 cm³/mol. The lowest BCUT2D eigenvalue weighted by Crippen LogP contribution is -2.36. The Kier molecular flexibility index (Phi) is 8.84. The fraction of sp³-hybridized carbons (Fsp3) is 0.429. The van der Waals surface area contributed by atoms with E-state index in [4.69, 9.17) is 0 Å². The van der Waals surface area contributed by atoms with E-state index in [0.717, 1.165) is 38.0 Å². The van der Waals surface area contributed by atoms with Crippen LogP contribution < -0.4 is 15.5 Å². The standard InChI is InChI=1S/C21H29N5.HI/c1-17-6-8-18(9-7-17)15-24-21(22-2)25-16-19-10-11-23-20(14-19)26-12-4-3-5-13-26;/h6-11,14H,3-5,12-13,15-16H2,1-2H3,(H2,22,24,25);1H. The smallest absolute Gasteiger partial charge is 0.191 e. The summed E-state index contributed by atoms with van der Waals surface area (Å²) in [5, 5.41) is 6.76. The highest BCUT2D eigenvalue weighted by atomic mass is 127. The number of aryl methyl sites for hydroxylation is 1. The molecule has 3 rings (SSSR count). The Bertz CT molecular complexity index is 724. The van der Waals surface area contributed by atoms with E-state index in [2.05, 4.69) is 68.8 Å². The monoisotopic (exact) mass is 479 g/mol. The van der Waals surface area contributed by atoms with Crippen molar-refractivity contribution in [3.63, 3.8) is 0 Å². The van der Waals surface area contributed by atoms with E-state index in [9.17, 15) is 0 Å². The van der Waals surface area contributed by atoms with Gasteiger partial charge in [0.1, 0.15) is 5.82 Å². The van der Waals surface area contributed by atoms with Crippen LogP contribution in [0, 0.1) is 6.92 Å². The number of aromatic nitrogens is 1. The Morgan fingerprint density at radius 1 is 1.00 bits per heavy atom. The molecular weight excluding hydrogens is 449 g/mol. The van der Waals surface area contributed by atoms with Crippen LogP contribution in [0.15, 0.2) is 47.6 Å². The summed E-state index contributed by atoms with van der Waals surface area (Å²) < 4.78 is 0.